The Morgan fingerprint density at radius 1 is 1.21 bits per heavy atom. The van der Waals surface area contributed by atoms with Crippen molar-refractivity contribution in [3.05, 3.63) is 56.8 Å². The molecule has 3 aromatic rings. The minimum absolute atomic E-state index is 0.0407. The zero-order chi connectivity index (χ0) is 17.3. The van der Waals surface area contributed by atoms with Gasteiger partial charge in [0.25, 0.3) is 5.56 Å². The molecule has 0 unspecified atom stereocenters. The van der Waals surface area contributed by atoms with Crippen molar-refractivity contribution in [2.45, 2.75) is 13.8 Å². The van der Waals surface area contributed by atoms with Gasteiger partial charge in [0.15, 0.2) is 0 Å². The summed E-state index contributed by atoms with van der Waals surface area (Å²) in [5.74, 6) is 1.22. The highest BCUT2D eigenvalue weighted by atomic mass is 35.5. The Bertz CT molecular complexity index is 943. The molecule has 24 heavy (non-hydrogen) atoms. The van der Waals surface area contributed by atoms with Crippen molar-refractivity contribution in [2.75, 3.05) is 13.2 Å². The molecule has 0 saturated carbocycles. The number of aromatic nitrogens is 2. The van der Waals surface area contributed by atoms with E-state index in [0.717, 1.165) is 22.4 Å². The molecule has 2 N–H and O–H groups in total. The van der Waals surface area contributed by atoms with Crippen LogP contribution in [0.2, 0.25) is 5.02 Å². The minimum atomic E-state index is -0.206. The molecule has 0 saturated heterocycles. The Morgan fingerprint density at radius 2 is 1.92 bits per heavy atom. The van der Waals surface area contributed by atoms with E-state index in [1.165, 1.54) is 0 Å². The van der Waals surface area contributed by atoms with Gasteiger partial charge in [0.2, 0.25) is 0 Å². The fraction of sp³-hybridized carbons (Fsp3) is 0.222. The highest BCUT2D eigenvalue weighted by Gasteiger charge is 2.11. The van der Waals surface area contributed by atoms with E-state index >= 15 is 0 Å². The van der Waals surface area contributed by atoms with Gasteiger partial charge in [0.1, 0.15) is 18.2 Å². The largest absolute Gasteiger partial charge is 0.491 e. The molecular formula is C18H17ClN2O3. The first-order valence-corrected chi connectivity index (χ1v) is 7.92. The quantitative estimate of drug-likeness (QED) is 0.762. The standard InChI is InChI=1S/C18H17ClN2O3/c1-10-7-12(8-11(2)16(10)24-6-5-22)17-20-15-9-13(19)3-4-14(15)18(23)21-17/h3-4,7-9,22H,5-6H2,1-2H3,(H,20,21,23). The van der Waals surface area contributed by atoms with E-state index in [1.54, 1.807) is 18.2 Å². The number of aromatic amines is 1. The molecule has 0 radical (unpaired) electrons. The summed E-state index contributed by atoms with van der Waals surface area (Å²) in [4.78, 5) is 19.6. The lowest BCUT2D eigenvalue weighted by atomic mass is 10.0. The summed E-state index contributed by atoms with van der Waals surface area (Å²) >= 11 is 6.00. The van der Waals surface area contributed by atoms with Crippen LogP contribution >= 0.6 is 11.6 Å². The van der Waals surface area contributed by atoms with Gasteiger partial charge in [-0.25, -0.2) is 4.98 Å². The summed E-state index contributed by atoms with van der Waals surface area (Å²) in [5, 5.41) is 9.94. The number of H-pyrrole nitrogens is 1. The number of halogens is 1. The maximum absolute atomic E-state index is 12.3. The van der Waals surface area contributed by atoms with Gasteiger partial charge < -0.3 is 14.8 Å². The first kappa shape index (κ1) is 16.5. The number of ether oxygens (including phenoxy) is 1. The van der Waals surface area contributed by atoms with E-state index in [-0.39, 0.29) is 18.8 Å². The van der Waals surface area contributed by atoms with Crippen molar-refractivity contribution >= 4 is 22.5 Å². The number of hydrogen-bond acceptors (Lipinski definition) is 4. The number of hydrogen-bond donors (Lipinski definition) is 2. The van der Waals surface area contributed by atoms with E-state index < -0.39 is 0 Å². The highest BCUT2D eigenvalue weighted by molar-refractivity contribution is 6.31. The average molecular weight is 345 g/mol. The van der Waals surface area contributed by atoms with E-state index in [4.69, 9.17) is 21.4 Å². The normalized spacial score (nSPS) is 11.0. The Hall–Kier alpha value is -2.37. The van der Waals surface area contributed by atoms with Gasteiger partial charge in [-0.1, -0.05) is 11.6 Å². The van der Waals surface area contributed by atoms with Crippen molar-refractivity contribution < 1.29 is 9.84 Å². The Labute approximate surface area is 143 Å². The van der Waals surface area contributed by atoms with Gasteiger partial charge in [-0.15, -0.1) is 0 Å². The number of aliphatic hydroxyl groups excluding tert-OH is 1. The molecule has 0 amide bonds. The second-order valence-electron chi connectivity index (χ2n) is 5.59. The maximum Gasteiger partial charge on any atom is 0.259 e. The van der Waals surface area contributed by atoms with Crippen molar-refractivity contribution in [1.29, 1.82) is 0 Å². The fourth-order valence-electron chi connectivity index (χ4n) is 2.71. The smallest absolute Gasteiger partial charge is 0.259 e. The van der Waals surface area contributed by atoms with Gasteiger partial charge in [-0.2, -0.15) is 0 Å². The second kappa shape index (κ2) is 6.63. The summed E-state index contributed by atoms with van der Waals surface area (Å²) in [6.07, 6.45) is 0. The van der Waals surface area contributed by atoms with Crippen LogP contribution in [0.25, 0.3) is 22.3 Å². The molecule has 5 nitrogen and oxygen atoms in total. The first-order chi connectivity index (χ1) is 11.5. The number of nitrogens with zero attached hydrogens (tertiary/aromatic N) is 1. The van der Waals surface area contributed by atoms with Crippen molar-refractivity contribution in [1.82, 2.24) is 9.97 Å². The number of aryl methyl sites for hydroxylation is 2. The van der Waals surface area contributed by atoms with Gasteiger partial charge in [0.05, 0.1) is 17.5 Å². The van der Waals surface area contributed by atoms with Gasteiger partial charge in [0, 0.05) is 10.6 Å². The van der Waals surface area contributed by atoms with E-state index in [2.05, 4.69) is 9.97 Å². The third-order valence-electron chi connectivity index (χ3n) is 3.74. The molecule has 1 aromatic heterocycles. The second-order valence-corrected chi connectivity index (χ2v) is 6.02. The number of rotatable bonds is 4. The topological polar surface area (TPSA) is 75.2 Å². The third kappa shape index (κ3) is 3.13. The van der Waals surface area contributed by atoms with Crippen LogP contribution in [-0.2, 0) is 0 Å². The molecule has 0 fully saturated rings. The zero-order valence-corrected chi connectivity index (χ0v) is 14.1. The lowest BCUT2D eigenvalue weighted by molar-refractivity contribution is 0.200. The number of aliphatic hydroxyl groups is 1. The van der Waals surface area contributed by atoms with Gasteiger partial charge in [-0.05, 0) is 55.3 Å². The molecule has 3 rings (SSSR count). The monoisotopic (exact) mass is 344 g/mol. The lowest BCUT2D eigenvalue weighted by Crippen LogP contribution is -2.10. The molecule has 2 aromatic carbocycles. The summed E-state index contributed by atoms with van der Waals surface area (Å²) in [6, 6.07) is 8.80. The van der Waals surface area contributed by atoms with Crippen LogP contribution in [0.15, 0.2) is 35.1 Å². The molecule has 0 bridgehead atoms. The number of benzene rings is 2. The molecular weight excluding hydrogens is 328 g/mol. The summed E-state index contributed by atoms with van der Waals surface area (Å²) in [7, 11) is 0. The van der Waals surface area contributed by atoms with E-state index in [1.807, 2.05) is 26.0 Å². The average Bonchev–Trinajstić information content (AvgIpc) is 2.53. The molecule has 124 valence electrons. The number of fused-ring (bicyclic) bond motifs is 1. The fourth-order valence-corrected chi connectivity index (χ4v) is 2.88. The van der Waals surface area contributed by atoms with Crippen LogP contribution in [0.5, 0.6) is 5.75 Å². The van der Waals surface area contributed by atoms with Gasteiger partial charge >= 0.3 is 0 Å². The third-order valence-corrected chi connectivity index (χ3v) is 3.98. The van der Waals surface area contributed by atoms with E-state index in [0.29, 0.717) is 21.7 Å². The molecule has 0 aliphatic rings. The highest BCUT2D eigenvalue weighted by Crippen LogP contribution is 2.29. The van der Waals surface area contributed by atoms with Gasteiger partial charge in [-0.3, -0.25) is 4.79 Å². The van der Waals surface area contributed by atoms with Crippen LogP contribution < -0.4 is 10.3 Å². The lowest BCUT2D eigenvalue weighted by Gasteiger charge is -2.13. The molecule has 0 atom stereocenters. The van der Waals surface area contributed by atoms with Crippen molar-refractivity contribution in [3.8, 4) is 17.1 Å². The first-order valence-electron chi connectivity index (χ1n) is 7.54. The maximum atomic E-state index is 12.3. The van der Waals surface area contributed by atoms with Crippen LogP contribution in [0.4, 0.5) is 0 Å². The number of nitrogens with one attached hydrogen (secondary N) is 1. The molecule has 0 aliphatic carbocycles. The van der Waals surface area contributed by atoms with Crippen LogP contribution in [0.3, 0.4) is 0 Å². The molecule has 1 heterocycles. The van der Waals surface area contributed by atoms with Crippen LogP contribution in [0, 0.1) is 13.8 Å². The van der Waals surface area contributed by atoms with E-state index in [9.17, 15) is 4.79 Å². The molecule has 0 aliphatic heterocycles. The van der Waals surface area contributed by atoms with Crippen LogP contribution in [-0.4, -0.2) is 28.3 Å². The predicted octanol–water partition coefficient (Wildman–Crippen LogP) is 3.23. The summed E-state index contributed by atoms with van der Waals surface area (Å²) < 4.78 is 5.56. The SMILES string of the molecule is Cc1cc(-c2nc3cc(Cl)ccc3c(=O)[nH]2)cc(C)c1OCCO. The zero-order valence-electron chi connectivity index (χ0n) is 13.4. The molecule has 0 spiro atoms. The minimum Gasteiger partial charge on any atom is -0.491 e. The Morgan fingerprint density at radius 3 is 2.58 bits per heavy atom. The van der Waals surface area contributed by atoms with Crippen LogP contribution in [0.1, 0.15) is 11.1 Å². The van der Waals surface area contributed by atoms with Crippen molar-refractivity contribution in [3.63, 3.8) is 0 Å². The Balaban J connectivity index is 2.12. The van der Waals surface area contributed by atoms with Crippen molar-refractivity contribution in [2.24, 2.45) is 0 Å². The summed E-state index contributed by atoms with van der Waals surface area (Å²) in [6.45, 7) is 4.03. The predicted molar refractivity (Wildman–Crippen MR) is 94.9 cm³/mol. The Kier molecular flexibility index (Phi) is 4.55. The molecule has 6 heteroatoms. The summed E-state index contributed by atoms with van der Waals surface area (Å²) in [5.41, 5.74) is 2.96.